The summed E-state index contributed by atoms with van der Waals surface area (Å²) < 4.78 is 0. The fourth-order valence-corrected chi connectivity index (χ4v) is 14.7. The average molecular weight is 1050 g/mol. The van der Waals surface area contributed by atoms with Crippen molar-refractivity contribution < 1.29 is 0 Å². The molecule has 0 aromatic rings. The van der Waals surface area contributed by atoms with E-state index in [4.69, 9.17) is 0 Å². The monoisotopic (exact) mass is 1050 g/mol. The predicted molar refractivity (Wildman–Crippen MR) is 348 cm³/mol. The van der Waals surface area contributed by atoms with Crippen molar-refractivity contribution in [2.45, 2.75) is 466 Å². The highest BCUT2D eigenvalue weighted by Gasteiger charge is 2.52. The molecule has 0 rings (SSSR count). The van der Waals surface area contributed by atoms with Crippen LogP contribution in [0.15, 0.2) is 0 Å². The highest BCUT2D eigenvalue weighted by Crippen LogP contribution is 2.62. The zero-order chi connectivity index (χ0) is 54.5. The second-order valence-electron chi connectivity index (χ2n) is 26.5. The summed E-state index contributed by atoms with van der Waals surface area (Å²) in [7, 11) is 0. The summed E-state index contributed by atoms with van der Waals surface area (Å²) in [5.41, 5.74) is 1.07. The van der Waals surface area contributed by atoms with Crippen molar-refractivity contribution >= 4 is 0 Å². The van der Waals surface area contributed by atoms with Gasteiger partial charge < -0.3 is 0 Å². The number of hydrogen-bond acceptors (Lipinski definition) is 0. The molecule has 3 atom stereocenters. The minimum atomic E-state index is 0.531. The van der Waals surface area contributed by atoms with Crippen LogP contribution in [0.5, 0.6) is 0 Å². The van der Waals surface area contributed by atoms with Crippen LogP contribution in [-0.2, 0) is 0 Å². The van der Waals surface area contributed by atoms with E-state index >= 15 is 0 Å². The first-order valence-corrected chi connectivity index (χ1v) is 37.1. The third-order valence-corrected chi connectivity index (χ3v) is 19.6. The lowest BCUT2D eigenvalue weighted by Crippen LogP contribution is -2.48. The van der Waals surface area contributed by atoms with Crippen LogP contribution in [0.4, 0.5) is 0 Å². The summed E-state index contributed by atoms with van der Waals surface area (Å²) >= 11 is 0. The molecule has 0 aromatic heterocycles. The Morgan fingerprint density at radius 1 is 0.160 bits per heavy atom. The molecular weight excluding hydrogens is 901 g/mol. The summed E-state index contributed by atoms with van der Waals surface area (Å²) in [6, 6.07) is 0. The third-order valence-electron chi connectivity index (χ3n) is 19.6. The maximum atomic E-state index is 2.44. The Labute approximate surface area is 480 Å². The van der Waals surface area contributed by atoms with Gasteiger partial charge in [-0.25, -0.2) is 0 Å². The molecule has 0 N–H and O–H groups in total. The van der Waals surface area contributed by atoms with E-state index in [9.17, 15) is 0 Å². The van der Waals surface area contributed by atoms with Crippen molar-refractivity contribution in [2.75, 3.05) is 0 Å². The largest absolute Gasteiger partial charge is 0.0654 e. The van der Waals surface area contributed by atoms with Gasteiger partial charge in [0, 0.05) is 0 Å². The van der Waals surface area contributed by atoms with E-state index in [1.165, 1.54) is 372 Å². The van der Waals surface area contributed by atoms with Crippen molar-refractivity contribution in [2.24, 2.45) is 16.7 Å². The zero-order valence-corrected chi connectivity index (χ0v) is 54.5. The van der Waals surface area contributed by atoms with Gasteiger partial charge in [-0.1, -0.05) is 421 Å². The maximum Gasteiger partial charge on any atom is -0.0213 e. The first-order chi connectivity index (χ1) is 37.1. The molecule has 0 saturated heterocycles. The van der Waals surface area contributed by atoms with E-state index in [0.717, 1.165) is 5.92 Å². The molecule has 0 bridgehead atoms. The molecule has 452 valence electrons. The molecule has 0 aliphatic heterocycles. The third kappa shape index (κ3) is 45.3. The van der Waals surface area contributed by atoms with Gasteiger partial charge in [0.15, 0.2) is 0 Å². The van der Waals surface area contributed by atoms with Crippen LogP contribution in [0.2, 0.25) is 0 Å². The minimum absolute atomic E-state index is 0.531. The van der Waals surface area contributed by atoms with Crippen molar-refractivity contribution in [1.82, 2.24) is 0 Å². The Bertz CT molecular complexity index is 1010. The van der Waals surface area contributed by atoms with Crippen LogP contribution >= 0.6 is 0 Å². The number of unbranched alkanes of at least 4 members (excludes halogenated alkanes) is 51. The summed E-state index contributed by atoms with van der Waals surface area (Å²) in [5, 5.41) is 0. The standard InChI is InChI=1S/C75H152/c1-8-15-22-29-35-39-41-42-43-44-47-53-60-67-73(66-59-52-28-21-14-7)75(71-64-57-34-27-20-13-6,72-65-58-48-33-26-19-12-5)74(68-61-54-49-38-32-25-18-11-4,69-62-55-50-45-37-31-24-17-10-3)70-63-56-51-46-40-36-30-23-16-9-2/h73H,8-72H2,1-7H3. The molecule has 0 saturated carbocycles. The van der Waals surface area contributed by atoms with Gasteiger partial charge in [-0.2, -0.15) is 0 Å². The predicted octanol–water partition coefficient (Wildman–Crippen LogP) is 29.1. The van der Waals surface area contributed by atoms with Gasteiger partial charge in [0.05, 0.1) is 0 Å². The molecule has 0 fully saturated rings. The fourth-order valence-electron chi connectivity index (χ4n) is 14.7. The van der Waals surface area contributed by atoms with E-state index in [2.05, 4.69) is 48.5 Å². The highest BCUT2D eigenvalue weighted by molar-refractivity contribution is 5.02. The van der Waals surface area contributed by atoms with Gasteiger partial charge in [-0.05, 0) is 61.7 Å². The maximum absolute atomic E-state index is 2.44. The van der Waals surface area contributed by atoms with Crippen LogP contribution in [-0.4, -0.2) is 0 Å². The molecule has 0 heterocycles. The van der Waals surface area contributed by atoms with E-state index in [-0.39, 0.29) is 0 Å². The Morgan fingerprint density at radius 3 is 0.493 bits per heavy atom. The molecular formula is C75H152. The average Bonchev–Trinajstić information content (AvgIpc) is 3.42. The molecule has 0 aliphatic carbocycles. The van der Waals surface area contributed by atoms with Gasteiger partial charge in [0.25, 0.3) is 0 Å². The lowest BCUT2D eigenvalue weighted by molar-refractivity contribution is -0.0763. The Morgan fingerprint density at radius 2 is 0.307 bits per heavy atom. The van der Waals surface area contributed by atoms with Crippen LogP contribution < -0.4 is 0 Å². The lowest BCUT2D eigenvalue weighted by atomic mass is 9.47. The SMILES string of the molecule is CCCCCCCCCCCCCCCC(CCCCCCC)C(CCCCCCCC)(CCCCCCCCC)C(CCCCCCCCCC)(CCCCCCCCCCC)CCCCCCCCCCCC. The molecule has 0 nitrogen and oxygen atoms in total. The van der Waals surface area contributed by atoms with E-state index in [0.29, 0.717) is 10.8 Å². The fraction of sp³-hybridized carbons (Fsp3) is 1.00. The Kier molecular flexibility index (Phi) is 61.6. The van der Waals surface area contributed by atoms with Crippen molar-refractivity contribution in [3.8, 4) is 0 Å². The van der Waals surface area contributed by atoms with Crippen molar-refractivity contribution in [3.63, 3.8) is 0 Å². The zero-order valence-electron chi connectivity index (χ0n) is 54.5. The van der Waals surface area contributed by atoms with Crippen molar-refractivity contribution in [1.29, 1.82) is 0 Å². The minimum Gasteiger partial charge on any atom is -0.0654 e. The highest BCUT2D eigenvalue weighted by atomic mass is 14.6. The molecule has 0 radical (unpaired) electrons. The molecule has 75 heavy (non-hydrogen) atoms. The van der Waals surface area contributed by atoms with E-state index < -0.39 is 0 Å². The first-order valence-electron chi connectivity index (χ1n) is 37.1. The smallest absolute Gasteiger partial charge is 0.0213 e. The van der Waals surface area contributed by atoms with Gasteiger partial charge in [-0.3, -0.25) is 0 Å². The van der Waals surface area contributed by atoms with Gasteiger partial charge in [0.1, 0.15) is 0 Å². The van der Waals surface area contributed by atoms with Crippen LogP contribution in [0.25, 0.3) is 0 Å². The summed E-state index contributed by atoms with van der Waals surface area (Å²) in [5.74, 6) is 0.943. The summed E-state index contributed by atoms with van der Waals surface area (Å²) in [6.07, 6.45) is 96.6. The lowest BCUT2D eigenvalue weighted by Gasteiger charge is -2.57. The van der Waals surface area contributed by atoms with Crippen molar-refractivity contribution in [3.05, 3.63) is 0 Å². The Balaban J connectivity index is 7.27. The molecule has 0 aromatic carbocycles. The van der Waals surface area contributed by atoms with Gasteiger partial charge in [0.2, 0.25) is 0 Å². The summed E-state index contributed by atoms with van der Waals surface area (Å²) in [4.78, 5) is 0. The Hall–Kier alpha value is 0. The van der Waals surface area contributed by atoms with E-state index in [1.807, 2.05) is 0 Å². The number of hydrogen-bond donors (Lipinski definition) is 0. The first kappa shape index (κ1) is 75.0. The second kappa shape index (κ2) is 61.6. The number of rotatable bonds is 67. The molecule has 0 amide bonds. The second-order valence-corrected chi connectivity index (χ2v) is 26.5. The molecule has 0 heteroatoms. The normalized spacial score (nSPS) is 14.0. The molecule has 0 spiro atoms. The summed E-state index contributed by atoms with van der Waals surface area (Å²) in [6.45, 7) is 16.8. The molecule has 0 aliphatic rings. The van der Waals surface area contributed by atoms with Crippen LogP contribution in [0.3, 0.4) is 0 Å². The van der Waals surface area contributed by atoms with Crippen LogP contribution in [0.1, 0.15) is 466 Å². The van der Waals surface area contributed by atoms with Crippen LogP contribution in [0, 0.1) is 16.7 Å². The molecule has 3 unspecified atom stereocenters. The van der Waals surface area contributed by atoms with Gasteiger partial charge >= 0.3 is 0 Å². The van der Waals surface area contributed by atoms with E-state index in [1.54, 1.807) is 44.9 Å². The topological polar surface area (TPSA) is 0 Å². The quantitative estimate of drug-likeness (QED) is 0.0533. The van der Waals surface area contributed by atoms with Gasteiger partial charge in [-0.15, -0.1) is 0 Å².